The Morgan fingerprint density at radius 1 is 1.32 bits per heavy atom. The van der Waals surface area contributed by atoms with E-state index >= 15 is 0 Å². The molecule has 0 bridgehead atoms. The Bertz CT molecular complexity index is 537. The molecule has 5 heteroatoms. The number of nitrogens with one attached hydrogen (secondary N) is 1. The molecular weight excluding hydrogens is 244 g/mol. The van der Waals surface area contributed by atoms with Gasteiger partial charge in [0.15, 0.2) is 0 Å². The minimum absolute atomic E-state index is 0.0952. The highest BCUT2D eigenvalue weighted by Gasteiger charge is 2.12. The van der Waals surface area contributed by atoms with E-state index in [2.05, 4.69) is 5.32 Å². The van der Waals surface area contributed by atoms with Crippen LogP contribution in [0.1, 0.15) is 24.3 Å². The Labute approximate surface area is 111 Å². The standard InChI is InChI=1S/C14H16N2O3/c1-11(14-7-4-10-19-14)15-9-8-12-5-2-3-6-13(12)16(17)18/h2-7,10-11,15H,8-9H2,1H3/t11-/m1/s1. The number of rotatable bonds is 6. The first-order chi connectivity index (χ1) is 9.18. The van der Waals surface area contributed by atoms with Crippen LogP contribution in [-0.2, 0) is 6.42 Å². The Balaban J connectivity index is 1.91. The van der Waals surface area contributed by atoms with Crippen molar-refractivity contribution in [3.63, 3.8) is 0 Å². The summed E-state index contributed by atoms with van der Waals surface area (Å²) in [6.45, 7) is 2.66. The molecule has 5 nitrogen and oxygen atoms in total. The lowest BCUT2D eigenvalue weighted by Gasteiger charge is -2.11. The van der Waals surface area contributed by atoms with E-state index in [9.17, 15) is 10.1 Å². The van der Waals surface area contributed by atoms with Gasteiger partial charge in [-0.2, -0.15) is 0 Å². The third-order valence-corrected chi connectivity index (χ3v) is 3.00. The Morgan fingerprint density at radius 2 is 2.11 bits per heavy atom. The minimum Gasteiger partial charge on any atom is -0.468 e. The quantitative estimate of drug-likeness (QED) is 0.640. The number of hydrogen-bond acceptors (Lipinski definition) is 4. The maximum atomic E-state index is 10.9. The zero-order valence-corrected chi connectivity index (χ0v) is 10.7. The number of nitro groups is 1. The van der Waals surface area contributed by atoms with E-state index in [1.54, 1.807) is 18.4 Å². The highest BCUT2D eigenvalue weighted by atomic mass is 16.6. The van der Waals surface area contributed by atoms with Gasteiger partial charge < -0.3 is 9.73 Å². The molecule has 1 aromatic heterocycles. The molecule has 0 aliphatic rings. The molecule has 0 amide bonds. The first-order valence-electron chi connectivity index (χ1n) is 6.17. The van der Waals surface area contributed by atoms with Crippen molar-refractivity contribution in [2.45, 2.75) is 19.4 Å². The van der Waals surface area contributed by atoms with Crippen LogP contribution in [0.3, 0.4) is 0 Å². The zero-order valence-electron chi connectivity index (χ0n) is 10.7. The monoisotopic (exact) mass is 260 g/mol. The first kappa shape index (κ1) is 13.3. The third kappa shape index (κ3) is 3.42. The highest BCUT2D eigenvalue weighted by molar-refractivity contribution is 5.39. The van der Waals surface area contributed by atoms with Crippen molar-refractivity contribution in [3.05, 3.63) is 64.1 Å². The van der Waals surface area contributed by atoms with Gasteiger partial charge in [0.25, 0.3) is 5.69 Å². The van der Waals surface area contributed by atoms with Crippen LogP contribution in [0.25, 0.3) is 0 Å². The van der Waals surface area contributed by atoms with Crippen LogP contribution in [-0.4, -0.2) is 11.5 Å². The number of hydrogen-bond donors (Lipinski definition) is 1. The molecule has 0 radical (unpaired) electrons. The SMILES string of the molecule is C[C@@H](NCCc1ccccc1[N+](=O)[O-])c1ccco1. The minimum atomic E-state index is -0.342. The van der Waals surface area contributed by atoms with Gasteiger partial charge in [-0.15, -0.1) is 0 Å². The van der Waals surface area contributed by atoms with Crippen molar-refractivity contribution in [3.8, 4) is 0 Å². The second-order valence-electron chi connectivity index (χ2n) is 4.33. The molecule has 2 aromatic rings. The number of nitrogens with zero attached hydrogens (tertiary/aromatic N) is 1. The molecule has 0 unspecified atom stereocenters. The fourth-order valence-corrected chi connectivity index (χ4v) is 1.96. The zero-order chi connectivity index (χ0) is 13.7. The van der Waals surface area contributed by atoms with Crippen LogP contribution in [0.2, 0.25) is 0 Å². The highest BCUT2D eigenvalue weighted by Crippen LogP contribution is 2.18. The molecule has 2 rings (SSSR count). The molecule has 0 spiro atoms. The molecule has 19 heavy (non-hydrogen) atoms. The van der Waals surface area contributed by atoms with Gasteiger partial charge in [-0.25, -0.2) is 0 Å². The molecule has 0 fully saturated rings. The van der Waals surface area contributed by atoms with E-state index in [4.69, 9.17) is 4.42 Å². The van der Waals surface area contributed by atoms with E-state index in [1.807, 2.05) is 25.1 Å². The molecule has 1 heterocycles. The van der Waals surface area contributed by atoms with Gasteiger partial charge in [-0.05, 0) is 25.5 Å². The molecule has 0 aliphatic carbocycles. The van der Waals surface area contributed by atoms with Crippen LogP contribution < -0.4 is 5.32 Å². The van der Waals surface area contributed by atoms with Gasteiger partial charge in [0.1, 0.15) is 5.76 Å². The van der Waals surface area contributed by atoms with Gasteiger partial charge >= 0.3 is 0 Å². The van der Waals surface area contributed by atoms with Gasteiger partial charge in [0, 0.05) is 18.2 Å². The Morgan fingerprint density at radius 3 is 2.79 bits per heavy atom. The normalized spacial score (nSPS) is 12.3. The second-order valence-corrected chi connectivity index (χ2v) is 4.33. The van der Waals surface area contributed by atoms with Crippen molar-refractivity contribution in [2.24, 2.45) is 0 Å². The third-order valence-electron chi connectivity index (χ3n) is 3.00. The number of para-hydroxylation sites is 1. The lowest BCUT2D eigenvalue weighted by Crippen LogP contribution is -2.21. The van der Waals surface area contributed by atoms with Crippen molar-refractivity contribution in [2.75, 3.05) is 6.54 Å². The van der Waals surface area contributed by atoms with Crippen molar-refractivity contribution in [1.82, 2.24) is 5.32 Å². The van der Waals surface area contributed by atoms with E-state index in [0.29, 0.717) is 13.0 Å². The van der Waals surface area contributed by atoms with Gasteiger partial charge in [-0.1, -0.05) is 18.2 Å². The summed E-state index contributed by atoms with van der Waals surface area (Å²) in [6, 6.07) is 10.7. The summed E-state index contributed by atoms with van der Waals surface area (Å²) in [5, 5.41) is 14.2. The first-order valence-corrected chi connectivity index (χ1v) is 6.17. The number of nitro benzene ring substituents is 1. The van der Waals surface area contributed by atoms with E-state index < -0.39 is 0 Å². The van der Waals surface area contributed by atoms with Crippen LogP contribution >= 0.6 is 0 Å². The fraction of sp³-hybridized carbons (Fsp3) is 0.286. The van der Waals surface area contributed by atoms with Gasteiger partial charge in [0.05, 0.1) is 17.2 Å². The molecule has 1 atom stereocenters. The lowest BCUT2D eigenvalue weighted by atomic mass is 10.1. The van der Waals surface area contributed by atoms with E-state index in [-0.39, 0.29) is 16.7 Å². The number of furan rings is 1. The summed E-state index contributed by atoms with van der Waals surface area (Å²) < 4.78 is 5.29. The smallest absolute Gasteiger partial charge is 0.272 e. The van der Waals surface area contributed by atoms with Crippen LogP contribution in [0, 0.1) is 10.1 Å². The largest absolute Gasteiger partial charge is 0.468 e. The lowest BCUT2D eigenvalue weighted by molar-refractivity contribution is -0.385. The summed E-state index contributed by atoms with van der Waals surface area (Å²) in [7, 11) is 0. The summed E-state index contributed by atoms with van der Waals surface area (Å²) in [6.07, 6.45) is 2.25. The molecule has 1 N–H and O–H groups in total. The van der Waals surface area contributed by atoms with Crippen LogP contribution in [0.15, 0.2) is 47.1 Å². The molecule has 0 saturated carbocycles. The summed E-state index contributed by atoms with van der Waals surface area (Å²) in [5.41, 5.74) is 0.918. The summed E-state index contributed by atoms with van der Waals surface area (Å²) in [5.74, 6) is 0.863. The maximum Gasteiger partial charge on any atom is 0.272 e. The van der Waals surface area contributed by atoms with Crippen LogP contribution in [0.5, 0.6) is 0 Å². The maximum absolute atomic E-state index is 10.9. The van der Waals surface area contributed by atoms with Gasteiger partial charge in [-0.3, -0.25) is 10.1 Å². The summed E-state index contributed by atoms with van der Waals surface area (Å²) in [4.78, 5) is 10.5. The predicted molar refractivity (Wildman–Crippen MR) is 71.9 cm³/mol. The average molecular weight is 260 g/mol. The fourth-order valence-electron chi connectivity index (χ4n) is 1.96. The molecule has 1 aromatic carbocycles. The van der Waals surface area contributed by atoms with Crippen molar-refractivity contribution >= 4 is 5.69 Å². The second kappa shape index (κ2) is 6.15. The van der Waals surface area contributed by atoms with Crippen molar-refractivity contribution in [1.29, 1.82) is 0 Å². The average Bonchev–Trinajstić information content (AvgIpc) is 2.93. The molecule has 0 saturated heterocycles. The Hall–Kier alpha value is -2.14. The van der Waals surface area contributed by atoms with E-state index in [1.165, 1.54) is 6.07 Å². The topological polar surface area (TPSA) is 68.3 Å². The number of benzene rings is 1. The molecular formula is C14H16N2O3. The Kier molecular flexibility index (Phi) is 4.30. The van der Waals surface area contributed by atoms with Crippen molar-refractivity contribution < 1.29 is 9.34 Å². The predicted octanol–water partition coefficient (Wildman–Crippen LogP) is 3.08. The summed E-state index contributed by atoms with van der Waals surface area (Å²) >= 11 is 0. The molecule has 100 valence electrons. The van der Waals surface area contributed by atoms with Crippen LogP contribution in [0.4, 0.5) is 5.69 Å². The molecule has 0 aliphatic heterocycles. The van der Waals surface area contributed by atoms with Gasteiger partial charge in [0.2, 0.25) is 0 Å². The van der Waals surface area contributed by atoms with E-state index in [0.717, 1.165) is 11.3 Å².